The third-order valence-electron chi connectivity index (χ3n) is 3.66. The topological polar surface area (TPSA) is 133 Å². The first-order valence-corrected chi connectivity index (χ1v) is 11.2. The van der Waals surface area contributed by atoms with E-state index in [0.29, 0.717) is 0 Å². The summed E-state index contributed by atoms with van der Waals surface area (Å²) in [6, 6.07) is 7.81. The minimum atomic E-state index is -4.63. The molecule has 0 unspecified atom stereocenters. The van der Waals surface area contributed by atoms with Crippen LogP contribution in [-0.2, 0) is 20.2 Å². The van der Waals surface area contributed by atoms with Crippen molar-refractivity contribution in [2.45, 2.75) is 16.7 Å². The van der Waals surface area contributed by atoms with Crippen LogP contribution < -0.4 is 0 Å². The molecular weight excluding hydrogens is 456 g/mol. The second-order valence-corrected chi connectivity index (χ2v) is 8.73. The number of hydrogen-bond acceptors (Lipinski definition) is 8. The molecule has 0 heterocycles. The highest BCUT2D eigenvalue weighted by Crippen LogP contribution is 2.31. The van der Waals surface area contributed by atoms with Gasteiger partial charge in [0.2, 0.25) is 0 Å². The van der Waals surface area contributed by atoms with Crippen LogP contribution in [0.4, 0.5) is 11.4 Å². The largest absolute Gasteiger partial charge is 0.295 e. The van der Waals surface area contributed by atoms with E-state index in [1.165, 1.54) is 37.3 Å². The van der Waals surface area contributed by atoms with Crippen molar-refractivity contribution >= 4 is 78.0 Å². The molecule has 2 aromatic rings. The molecule has 0 saturated carbocycles. The van der Waals surface area contributed by atoms with Gasteiger partial charge in [-0.25, -0.2) is 0 Å². The summed E-state index contributed by atoms with van der Waals surface area (Å²) in [5.41, 5.74) is 0.758. The first-order chi connectivity index (χ1) is 13.5. The normalized spacial score (nSPS) is 12.0. The van der Waals surface area contributed by atoms with E-state index in [1.807, 2.05) is 0 Å². The van der Waals surface area contributed by atoms with Crippen LogP contribution in [0.1, 0.15) is 18.1 Å². The SMILES string of the molecule is C/C(=C\c1ccc(N=C=S)cc1S(=O)(=O)O)c1ccc(N=C=S)cc1S(=O)(=O)O. The Morgan fingerprint density at radius 3 is 1.86 bits per heavy atom. The zero-order valence-corrected chi connectivity index (χ0v) is 17.9. The van der Waals surface area contributed by atoms with E-state index in [0.717, 1.165) is 12.1 Å². The van der Waals surface area contributed by atoms with E-state index in [4.69, 9.17) is 0 Å². The number of hydrogen-bond donors (Lipinski definition) is 2. The Balaban J connectivity index is 2.74. The average Bonchev–Trinajstić information content (AvgIpc) is 2.61. The number of aliphatic imine (C=N–C) groups is 2. The average molecular weight is 469 g/mol. The molecule has 0 aliphatic heterocycles. The van der Waals surface area contributed by atoms with Crippen LogP contribution in [0.2, 0.25) is 0 Å². The van der Waals surface area contributed by atoms with Gasteiger partial charge in [-0.15, -0.1) is 0 Å². The van der Waals surface area contributed by atoms with E-state index in [9.17, 15) is 25.9 Å². The van der Waals surface area contributed by atoms with Gasteiger partial charge in [-0.3, -0.25) is 9.11 Å². The maximum atomic E-state index is 11.8. The molecule has 0 radical (unpaired) electrons. The van der Waals surface area contributed by atoms with Gasteiger partial charge in [0.1, 0.15) is 9.79 Å². The van der Waals surface area contributed by atoms with Gasteiger partial charge in [-0.1, -0.05) is 12.1 Å². The van der Waals surface area contributed by atoms with Gasteiger partial charge in [0.15, 0.2) is 0 Å². The van der Waals surface area contributed by atoms with Gasteiger partial charge < -0.3 is 0 Å². The summed E-state index contributed by atoms with van der Waals surface area (Å²) in [5, 5.41) is 4.18. The lowest BCUT2D eigenvalue weighted by Crippen LogP contribution is -2.03. The van der Waals surface area contributed by atoms with E-state index in [1.54, 1.807) is 0 Å². The van der Waals surface area contributed by atoms with Gasteiger partial charge in [0.05, 0.1) is 21.7 Å². The summed E-state index contributed by atoms with van der Waals surface area (Å²) >= 11 is 8.96. The van der Waals surface area contributed by atoms with Crippen molar-refractivity contribution in [3.05, 3.63) is 47.5 Å². The summed E-state index contributed by atoms with van der Waals surface area (Å²) < 4.78 is 66.1. The monoisotopic (exact) mass is 468 g/mol. The van der Waals surface area contributed by atoms with E-state index < -0.39 is 30.0 Å². The molecule has 0 aliphatic rings. The van der Waals surface area contributed by atoms with E-state index >= 15 is 0 Å². The number of allylic oxidation sites excluding steroid dienone is 1. The van der Waals surface area contributed by atoms with Crippen molar-refractivity contribution in [2.75, 3.05) is 0 Å². The Hall–Kier alpha value is -2.40. The second kappa shape index (κ2) is 8.95. The summed E-state index contributed by atoms with van der Waals surface area (Å²) in [6.07, 6.45) is 1.33. The molecule has 0 bridgehead atoms. The van der Waals surface area contributed by atoms with Crippen molar-refractivity contribution in [2.24, 2.45) is 9.98 Å². The first-order valence-electron chi connectivity index (χ1n) is 7.55. The standard InChI is InChI=1S/C17H12N2O6S4/c1-11(15-5-4-14(19-10-27)8-17(15)29(23,24)25)6-12-2-3-13(18-9-26)7-16(12)28(20,21)22/h2-8H,1H3,(H,20,21,22)(H,23,24,25)/b11-6+. The molecule has 2 aromatic carbocycles. The highest BCUT2D eigenvalue weighted by molar-refractivity contribution is 7.86. The predicted octanol–water partition coefficient (Wildman–Crippen LogP) is 4.21. The van der Waals surface area contributed by atoms with Crippen molar-refractivity contribution in [1.29, 1.82) is 0 Å². The smallest absolute Gasteiger partial charge is 0.282 e. The quantitative estimate of drug-likeness (QED) is 0.279. The fraction of sp³-hybridized carbons (Fsp3) is 0.0588. The highest BCUT2D eigenvalue weighted by Gasteiger charge is 2.19. The Morgan fingerprint density at radius 2 is 1.38 bits per heavy atom. The molecule has 2 rings (SSSR count). The summed E-state index contributed by atoms with van der Waals surface area (Å²) in [5.74, 6) is 0. The van der Waals surface area contributed by atoms with Crippen LogP contribution in [0.5, 0.6) is 0 Å². The highest BCUT2D eigenvalue weighted by atomic mass is 32.2. The lowest BCUT2D eigenvalue weighted by molar-refractivity contribution is 0.480. The van der Waals surface area contributed by atoms with Crippen LogP contribution in [0.3, 0.4) is 0 Å². The third-order valence-corrected chi connectivity index (χ3v) is 5.65. The molecule has 12 heteroatoms. The lowest BCUT2D eigenvalue weighted by atomic mass is 10.0. The van der Waals surface area contributed by atoms with Crippen molar-refractivity contribution in [1.82, 2.24) is 0 Å². The zero-order chi connectivity index (χ0) is 21.8. The Labute approximate surface area is 177 Å². The molecule has 0 aromatic heterocycles. The number of isothiocyanates is 2. The van der Waals surface area contributed by atoms with E-state index in [-0.39, 0.29) is 28.1 Å². The molecule has 2 N–H and O–H groups in total. The van der Waals surface area contributed by atoms with Gasteiger partial charge in [0, 0.05) is 0 Å². The fourth-order valence-corrected chi connectivity index (χ4v) is 4.15. The molecule has 0 fully saturated rings. The number of benzene rings is 2. The number of nitrogens with zero attached hydrogens (tertiary/aromatic N) is 2. The Kier molecular flexibility index (Phi) is 7.06. The maximum Gasteiger partial charge on any atom is 0.295 e. The molecule has 0 aliphatic carbocycles. The molecule has 8 nitrogen and oxygen atoms in total. The first kappa shape index (κ1) is 22.9. The predicted molar refractivity (Wildman–Crippen MR) is 115 cm³/mol. The van der Waals surface area contributed by atoms with Crippen LogP contribution in [0.25, 0.3) is 11.6 Å². The zero-order valence-electron chi connectivity index (χ0n) is 14.6. The van der Waals surface area contributed by atoms with Crippen molar-refractivity contribution in [3.8, 4) is 0 Å². The van der Waals surface area contributed by atoms with Gasteiger partial charge >= 0.3 is 0 Å². The van der Waals surface area contributed by atoms with E-state index in [2.05, 4.69) is 44.7 Å². The summed E-state index contributed by atoms with van der Waals surface area (Å²) in [6.45, 7) is 1.50. The molecule has 29 heavy (non-hydrogen) atoms. The van der Waals surface area contributed by atoms with Crippen LogP contribution in [0, 0.1) is 0 Å². The Morgan fingerprint density at radius 1 is 0.897 bits per heavy atom. The Bertz CT molecular complexity index is 1320. The van der Waals surface area contributed by atoms with Crippen LogP contribution in [0.15, 0.2) is 56.2 Å². The molecule has 0 atom stereocenters. The molecular formula is C17H12N2O6S4. The maximum absolute atomic E-state index is 11.8. The number of rotatable bonds is 6. The lowest BCUT2D eigenvalue weighted by Gasteiger charge is -2.10. The molecule has 0 amide bonds. The summed E-state index contributed by atoms with van der Waals surface area (Å²) in [7, 11) is -9.25. The third kappa shape index (κ3) is 5.80. The number of thiocarbonyl (C=S) groups is 2. The van der Waals surface area contributed by atoms with Crippen LogP contribution >= 0.6 is 24.4 Å². The minimum Gasteiger partial charge on any atom is -0.282 e. The molecule has 150 valence electrons. The van der Waals surface area contributed by atoms with Crippen LogP contribution in [-0.4, -0.2) is 36.3 Å². The van der Waals surface area contributed by atoms with Crippen molar-refractivity contribution < 1.29 is 25.9 Å². The van der Waals surface area contributed by atoms with Gasteiger partial charge in [-0.2, -0.15) is 26.8 Å². The summed E-state index contributed by atoms with van der Waals surface area (Å²) in [4.78, 5) is 6.43. The van der Waals surface area contributed by atoms with Gasteiger partial charge in [0.25, 0.3) is 20.2 Å². The fourth-order valence-electron chi connectivity index (χ4n) is 2.47. The molecule has 0 spiro atoms. The molecule has 0 saturated heterocycles. The van der Waals surface area contributed by atoms with Crippen molar-refractivity contribution in [3.63, 3.8) is 0 Å². The minimum absolute atomic E-state index is 0.0654. The second-order valence-electron chi connectivity index (χ2n) is 5.59. The van der Waals surface area contributed by atoms with Gasteiger partial charge in [-0.05, 0) is 78.4 Å².